The Morgan fingerprint density at radius 3 is 2.85 bits per heavy atom. The van der Waals surface area contributed by atoms with Gasteiger partial charge in [0, 0.05) is 33.0 Å². The van der Waals surface area contributed by atoms with Gasteiger partial charge in [0.15, 0.2) is 0 Å². The highest BCUT2D eigenvalue weighted by Crippen LogP contribution is 2.18. The van der Waals surface area contributed by atoms with E-state index in [2.05, 4.69) is 0 Å². The van der Waals surface area contributed by atoms with Gasteiger partial charge in [-0.3, -0.25) is 4.79 Å². The van der Waals surface area contributed by atoms with Crippen molar-refractivity contribution in [1.29, 1.82) is 0 Å². The maximum absolute atomic E-state index is 13.7. The van der Waals surface area contributed by atoms with Crippen molar-refractivity contribution in [2.45, 2.75) is 38.8 Å². The minimum absolute atomic E-state index is 0.0383. The smallest absolute Gasteiger partial charge is 0.219 e. The largest absolute Gasteiger partial charge is 0.493 e. The molecule has 1 aliphatic rings. The summed E-state index contributed by atoms with van der Waals surface area (Å²) in [7, 11) is 0. The Bertz CT molecular complexity index is 759. The van der Waals surface area contributed by atoms with Crippen molar-refractivity contribution in [3.63, 3.8) is 0 Å². The number of amides is 1. The van der Waals surface area contributed by atoms with Gasteiger partial charge < -0.3 is 14.4 Å². The fraction of sp³-hybridized carbons (Fsp3) is 0.409. The average molecular weight is 371 g/mol. The Balaban J connectivity index is 1.55. The summed E-state index contributed by atoms with van der Waals surface area (Å²) in [5.74, 6) is 0.557. The van der Waals surface area contributed by atoms with Crippen LogP contribution in [0.4, 0.5) is 4.39 Å². The van der Waals surface area contributed by atoms with Crippen LogP contribution in [0.15, 0.2) is 48.5 Å². The van der Waals surface area contributed by atoms with Crippen LogP contribution in [0, 0.1) is 5.82 Å². The van der Waals surface area contributed by atoms with Crippen LogP contribution in [-0.4, -0.2) is 36.7 Å². The minimum Gasteiger partial charge on any atom is -0.493 e. The molecule has 1 saturated heterocycles. The molecule has 2 aromatic rings. The van der Waals surface area contributed by atoms with Crippen LogP contribution in [0.1, 0.15) is 30.9 Å². The first kappa shape index (κ1) is 19.4. The summed E-state index contributed by atoms with van der Waals surface area (Å²) in [5, 5.41) is 0. The molecule has 0 N–H and O–H groups in total. The Morgan fingerprint density at radius 2 is 2.11 bits per heavy atom. The van der Waals surface area contributed by atoms with Gasteiger partial charge in [0.25, 0.3) is 0 Å². The summed E-state index contributed by atoms with van der Waals surface area (Å²) < 4.78 is 25.1. The third kappa shape index (κ3) is 5.79. The van der Waals surface area contributed by atoms with Gasteiger partial charge in [0.2, 0.25) is 5.91 Å². The SMILES string of the molecule is CC(=O)N(Cc1cccc(OCCc2ccccc2F)c1)CC1CCCO1. The van der Waals surface area contributed by atoms with Crippen molar-refractivity contribution in [3.8, 4) is 5.75 Å². The normalized spacial score (nSPS) is 16.3. The van der Waals surface area contributed by atoms with Gasteiger partial charge in [-0.2, -0.15) is 0 Å². The van der Waals surface area contributed by atoms with E-state index < -0.39 is 0 Å². The number of ether oxygens (including phenoxy) is 2. The van der Waals surface area contributed by atoms with E-state index in [-0.39, 0.29) is 17.8 Å². The van der Waals surface area contributed by atoms with Crippen LogP contribution < -0.4 is 4.74 Å². The van der Waals surface area contributed by atoms with E-state index in [0.29, 0.717) is 31.7 Å². The monoisotopic (exact) mass is 371 g/mol. The van der Waals surface area contributed by atoms with Crippen LogP contribution in [-0.2, 0) is 22.5 Å². The predicted molar refractivity (Wildman–Crippen MR) is 102 cm³/mol. The fourth-order valence-electron chi connectivity index (χ4n) is 3.27. The van der Waals surface area contributed by atoms with Gasteiger partial charge in [-0.25, -0.2) is 4.39 Å². The van der Waals surface area contributed by atoms with Crippen LogP contribution >= 0.6 is 0 Å². The molecule has 0 saturated carbocycles. The molecular weight excluding hydrogens is 345 g/mol. The van der Waals surface area contributed by atoms with Crippen LogP contribution in [0.3, 0.4) is 0 Å². The molecule has 5 heteroatoms. The summed E-state index contributed by atoms with van der Waals surface area (Å²) in [6.07, 6.45) is 2.70. The number of hydrogen-bond acceptors (Lipinski definition) is 3. The number of benzene rings is 2. The van der Waals surface area contributed by atoms with E-state index in [1.807, 2.05) is 35.2 Å². The Morgan fingerprint density at radius 1 is 1.26 bits per heavy atom. The zero-order valence-corrected chi connectivity index (χ0v) is 15.7. The molecule has 2 aromatic carbocycles. The van der Waals surface area contributed by atoms with Gasteiger partial charge in [-0.15, -0.1) is 0 Å². The lowest BCUT2D eigenvalue weighted by Gasteiger charge is -2.24. The second-order valence-electron chi connectivity index (χ2n) is 6.87. The highest BCUT2D eigenvalue weighted by atomic mass is 19.1. The zero-order chi connectivity index (χ0) is 19.1. The van der Waals surface area contributed by atoms with Gasteiger partial charge in [-0.1, -0.05) is 30.3 Å². The van der Waals surface area contributed by atoms with Gasteiger partial charge >= 0.3 is 0 Å². The van der Waals surface area contributed by atoms with Gasteiger partial charge in [0.1, 0.15) is 11.6 Å². The van der Waals surface area contributed by atoms with Gasteiger partial charge in [0.05, 0.1) is 12.7 Å². The number of nitrogens with zero attached hydrogens (tertiary/aromatic N) is 1. The second-order valence-corrected chi connectivity index (χ2v) is 6.87. The quantitative estimate of drug-likeness (QED) is 0.705. The number of hydrogen-bond donors (Lipinski definition) is 0. The van der Waals surface area contributed by atoms with Crippen LogP contribution in [0.25, 0.3) is 0 Å². The van der Waals surface area contributed by atoms with E-state index in [9.17, 15) is 9.18 Å². The second kappa shape index (κ2) is 9.51. The molecule has 1 unspecified atom stereocenters. The van der Waals surface area contributed by atoms with Crippen molar-refractivity contribution in [1.82, 2.24) is 4.90 Å². The highest BCUT2D eigenvalue weighted by Gasteiger charge is 2.21. The van der Waals surface area contributed by atoms with Crippen LogP contribution in [0.2, 0.25) is 0 Å². The van der Waals surface area contributed by atoms with E-state index >= 15 is 0 Å². The lowest BCUT2D eigenvalue weighted by molar-refractivity contribution is -0.131. The van der Waals surface area contributed by atoms with Crippen molar-refractivity contribution < 1.29 is 18.7 Å². The molecule has 27 heavy (non-hydrogen) atoms. The summed E-state index contributed by atoms with van der Waals surface area (Å²) in [5.41, 5.74) is 1.65. The lowest BCUT2D eigenvalue weighted by Crippen LogP contribution is -2.35. The molecule has 0 radical (unpaired) electrons. The van der Waals surface area contributed by atoms with E-state index in [0.717, 1.165) is 30.8 Å². The Hall–Kier alpha value is -2.40. The first-order valence-corrected chi connectivity index (χ1v) is 9.44. The van der Waals surface area contributed by atoms with E-state index in [1.54, 1.807) is 19.1 Å². The van der Waals surface area contributed by atoms with Crippen LogP contribution in [0.5, 0.6) is 5.75 Å². The molecule has 1 fully saturated rings. The van der Waals surface area contributed by atoms with E-state index in [1.165, 1.54) is 6.07 Å². The molecule has 0 aromatic heterocycles. The third-order valence-electron chi connectivity index (χ3n) is 4.76. The standard InChI is InChI=1S/C22H26FNO3/c1-17(25)24(16-21-9-5-12-26-21)15-18-6-4-8-20(14-18)27-13-11-19-7-2-3-10-22(19)23/h2-4,6-8,10,14,21H,5,9,11-13,15-16H2,1H3. The molecule has 4 nitrogen and oxygen atoms in total. The molecule has 1 amide bonds. The number of carbonyl (C=O) groups is 1. The summed E-state index contributed by atoms with van der Waals surface area (Å²) in [6, 6.07) is 14.4. The zero-order valence-electron chi connectivity index (χ0n) is 15.7. The van der Waals surface area contributed by atoms with Gasteiger partial charge in [-0.05, 0) is 42.2 Å². The molecule has 0 bridgehead atoms. The first-order chi connectivity index (χ1) is 13.1. The van der Waals surface area contributed by atoms with Crippen molar-refractivity contribution in [3.05, 3.63) is 65.5 Å². The minimum atomic E-state index is -0.207. The topological polar surface area (TPSA) is 38.8 Å². The average Bonchev–Trinajstić information content (AvgIpc) is 3.16. The third-order valence-corrected chi connectivity index (χ3v) is 4.76. The number of carbonyl (C=O) groups excluding carboxylic acids is 1. The summed E-state index contributed by atoms with van der Waals surface area (Å²) in [4.78, 5) is 13.8. The van der Waals surface area contributed by atoms with Crippen molar-refractivity contribution in [2.24, 2.45) is 0 Å². The first-order valence-electron chi connectivity index (χ1n) is 9.44. The lowest BCUT2D eigenvalue weighted by atomic mass is 10.1. The van der Waals surface area contributed by atoms with Crippen molar-refractivity contribution >= 4 is 5.91 Å². The highest BCUT2D eigenvalue weighted by molar-refractivity contribution is 5.73. The maximum atomic E-state index is 13.7. The Labute approximate surface area is 159 Å². The summed E-state index contributed by atoms with van der Waals surface area (Å²) >= 11 is 0. The molecule has 1 aliphatic heterocycles. The molecular formula is C22H26FNO3. The maximum Gasteiger partial charge on any atom is 0.219 e. The molecule has 0 spiro atoms. The fourth-order valence-corrected chi connectivity index (χ4v) is 3.27. The Kier molecular flexibility index (Phi) is 6.82. The molecule has 1 atom stereocenters. The number of halogens is 1. The predicted octanol–water partition coefficient (Wildman–Crippen LogP) is 3.97. The molecule has 1 heterocycles. The van der Waals surface area contributed by atoms with E-state index in [4.69, 9.17) is 9.47 Å². The molecule has 3 rings (SSSR count). The number of rotatable bonds is 8. The summed E-state index contributed by atoms with van der Waals surface area (Å²) in [6.45, 7) is 3.91. The van der Waals surface area contributed by atoms with Crippen molar-refractivity contribution in [2.75, 3.05) is 19.8 Å². The molecule has 144 valence electrons. The molecule has 0 aliphatic carbocycles.